The zero-order valence-corrected chi connectivity index (χ0v) is 18.5. The normalized spacial score (nSPS) is 10.6. The number of rotatable bonds is 6. The summed E-state index contributed by atoms with van der Waals surface area (Å²) in [6, 6.07) is 16.2. The second-order valence-corrected chi connectivity index (χ2v) is 7.96. The van der Waals surface area contributed by atoms with Crippen molar-refractivity contribution in [3.63, 3.8) is 0 Å². The van der Waals surface area contributed by atoms with Gasteiger partial charge in [0.1, 0.15) is 5.69 Å². The van der Waals surface area contributed by atoms with Gasteiger partial charge in [-0.25, -0.2) is 4.79 Å². The van der Waals surface area contributed by atoms with Crippen LogP contribution in [-0.2, 0) is 6.54 Å². The number of halogens is 1. The number of aryl methyl sites for hydroxylation is 1. The lowest BCUT2D eigenvalue weighted by Crippen LogP contribution is -2.29. The van der Waals surface area contributed by atoms with Gasteiger partial charge in [0.2, 0.25) is 0 Å². The first-order valence-corrected chi connectivity index (χ1v) is 10.6. The van der Waals surface area contributed by atoms with Crippen LogP contribution in [0, 0.1) is 0 Å². The fraction of sp³-hybridized carbons (Fsp3) is 0.182. The minimum absolute atomic E-state index is 0.231. The first kappa shape index (κ1) is 21.2. The molecule has 7 heteroatoms. The maximum absolute atomic E-state index is 13.1. The molecule has 29 heavy (non-hydrogen) atoms. The molecule has 150 valence electrons. The Hall–Kier alpha value is -2.51. The third-order valence-corrected chi connectivity index (χ3v) is 5.33. The van der Waals surface area contributed by atoms with Gasteiger partial charge in [-0.3, -0.25) is 4.79 Å². The monoisotopic (exact) mass is 471 g/mol. The number of thiol groups is 1. The van der Waals surface area contributed by atoms with Crippen molar-refractivity contribution in [2.75, 3.05) is 10.6 Å². The summed E-state index contributed by atoms with van der Waals surface area (Å²) in [5.41, 5.74) is 2.09. The van der Waals surface area contributed by atoms with Gasteiger partial charge in [-0.05, 0) is 42.3 Å². The highest BCUT2D eigenvalue weighted by atomic mass is 79.9. The first-order valence-electron chi connectivity index (χ1n) is 9.35. The van der Waals surface area contributed by atoms with Crippen molar-refractivity contribution >= 4 is 46.0 Å². The Bertz CT molecular complexity index is 1080. The zero-order valence-electron chi connectivity index (χ0n) is 16.0. The number of urea groups is 1. The summed E-state index contributed by atoms with van der Waals surface area (Å²) in [5.74, 6) is 0. The standard InChI is InChI=1S/C22H22BrN3O2S/c1-2-3-12-26-13-11-17(15-7-6-8-16(23)14-15)20(21(26)27)25-22(28)24-18-9-4-5-10-19(18)29/h4-11,13-14,29H,2-3,12H2,1H3,(H2,24,25,28). The molecule has 0 aliphatic rings. The minimum atomic E-state index is -0.493. The van der Waals surface area contributed by atoms with Crippen molar-refractivity contribution < 1.29 is 4.79 Å². The number of benzene rings is 2. The average Bonchev–Trinajstić information content (AvgIpc) is 2.70. The van der Waals surface area contributed by atoms with E-state index in [2.05, 4.69) is 46.1 Å². The summed E-state index contributed by atoms with van der Waals surface area (Å²) in [5, 5.41) is 5.51. The number of carbonyl (C=O) groups is 1. The van der Waals surface area contributed by atoms with Gasteiger partial charge in [-0.15, -0.1) is 12.6 Å². The molecule has 0 unspecified atom stereocenters. The summed E-state index contributed by atoms with van der Waals surface area (Å²) < 4.78 is 2.53. The lowest BCUT2D eigenvalue weighted by atomic mass is 10.1. The van der Waals surface area contributed by atoms with Crippen LogP contribution in [0.3, 0.4) is 0 Å². The molecule has 0 spiro atoms. The summed E-state index contributed by atoms with van der Waals surface area (Å²) >= 11 is 7.81. The van der Waals surface area contributed by atoms with Crippen LogP contribution in [0.1, 0.15) is 19.8 Å². The number of aromatic nitrogens is 1. The van der Waals surface area contributed by atoms with Crippen LogP contribution >= 0.6 is 28.6 Å². The molecule has 0 saturated carbocycles. The Labute approximate surface area is 183 Å². The van der Waals surface area contributed by atoms with Gasteiger partial charge in [-0.2, -0.15) is 0 Å². The first-order chi connectivity index (χ1) is 14.0. The number of para-hydroxylation sites is 1. The third-order valence-electron chi connectivity index (χ3n) is 4.44. The molecule has 1 aromatic heterocycles. The number of pyridine rings is 1. The van der Waals surface area contributed by atoms with E-state index in [1.807, 2.05) is 42.5 Å². The lowest BCUT2D eigenvalue weighted by molar-refractivity contribution is 0.262. The highest BCUT2D eigenvalue weighted by molar-refractivity contribution is 9.10. The average molecular weight is 472 g/mol. The van der Waals surface area contributed by atoms with Crippen LogP contribution in [0.4, 0.5) is 16.2 Å². The van der Waals surface area contributed by atoms with Gasteiger partial charge in [-0.1, -0.05) is 53.5 Å². The minimum Gasteiger partial charge on any atom is -0.314 e. The molecule has 0 saturated heterocycles. The van der Waals surface area contributed by atoms with Crippen LogP contribution in [0.2, 0.25) is 0 Å². The van der Waals surface area contributed by atoms with Crippen molar-refractivity contribution in [3.8, 4) is 11.1 Å². The van der Waals surface area contributed by atoms with Crippen LogP contribution in [0.15, 0.2) is 75.0 Å². The molecule has 2 aromatic carbocycles. The van der Waals surface area contributed by atoms with Crippen molar-refractivity contribution in [1.82, 2.24) is 4.57 Å². The van der Waals surface area contributed by atoms with E-state index in [0.717, 1.165) is 22.9 Å². The van der Waals surface area contributed by atoms with Gasteiger partial charge in [0.05, 0.1) is 5.69 Å². The van der Waals surface area contributed by atoms with Crippen LogP contribution in [-0.4, -0.2) is 10.6 Å². The molecule has 2 amide bonds. The molecule has 5 nitrogen and oxygen atoms in total. The van der Waals surface area contributed by atoms with Crippen molar-refractivity contribution in [2.24, 2.45) is 0 Å². The van der Waals surface area contributed by atoms with E-state index >= 15 is 0 Å². The van der Waals surface area contributed by atoms with E-state index in [4.69, 9.17) is 0 Å². The maximum atomic E-state index is 13.1. The molecular weight excluding hydrogens is 450 g/mol. The molecule has 0 atom stereocenters. The van der Waals surface area contributed by atoms with E-state index in [-0.39, 0.29) is 11.2 Å². The fourth-order valence-electron chi connectivity index (χ4n) is 2.94. The van der Waals surface area contributed by atoms with Crippen LogP contribution < -0.4 is 16.2 Å². The van der Waals surface area contributed by atoms with Crippen LogP contribution in [0.25, 0.3) is 11.1 Å². The molecule has 0 radical (unpaired) electrons. The predicted octanol–water partition coefficient (Wildman–Crippen LogP) is 6.01. The SMILES string of the molecule is CCCCn1ccc(-c2cccc(Br)c2)c(NC(=O)Nc2ccccc2S)c1=O. The Balaban J connectivity index is 1.98. The Morgan fingerprint density at radius 1 is 1.10 bits per heavy atom. The molecule has 0 aliphatic heterocycles. The van der Waals surface area contributed by atoms with E-state index in [9.17, 15) is 9.59 Å². The second-order valence-electron chi connectivity index (χ2n) is 6.56. The highest BCUT2D eigenvalue weighted by Gasteiger charge is 2.15. The summed E-state index contributed by atoms with van der Waals surface area (Å²) in [6.07, 6.45) is 3.64. The van der Waals surface area contributed by atoms with E-state index in [1.165, 1.54) is 0 Å². The predicted molar refractivity (Wildman–Crippen MR) is 125 cm³/mol. The molecule has 2 N–H and O–H groups in total. The molecule has 1 heterocycles. The molecule has 0 fully saturated rings. The molecule has 0 bridgehead atoms. The number of carbonyl (C=O) groups excluding carboxylic acids is 1. The molecule has 0 aliphatic carbocycles. The van der Waals surface area contributed by atoms with Crippen molar-refractivity contribution in [3.05, 3.63) is 75.6 Å². The van der Waals surface area contributed by atoms with E-state index in [0.29, 0.717) is 22.7 Å². The van der Waals surface area contributed by atoms with Gasteiger partial charge >= 0.3 is 6.03 Å². The smallest absolute Gasteiger partial charge is 0.314 e. The number of nitrogens with one attached hydrogen (secondary N) is 2. The second kappa shape index (κ2) is 9.80. The highest BCUT2D eigenvalue weighted by Crippen LogP contribution is 2.28. The molecule has 3 aromatic rings. The Kier molecular flexibility index (Phi) is 7.17. The van der Waals surface area contributed by atoms with Gasteiger partial charge in [0, 0.05) is 27.7 Å². The quantitative estimate of drug-likeness (QED) is 0.385. The van der Waals surface area contributed by atoms with Crippen molar-refractivity contribution in [1.29, 1.82) is 0 Å². The van der Waals surface area contributed by atoms with E-state index in [1.54, 1.807) is 22.9 Å². The number of hydrogen-bond acceptors (Lipinski definition) is 3. The lowest BCUT2D eigenvalue weighted by Gasteiger charge is -2.15. The van der Waals surface area contributed by atoms with Crippen LogP contribution in [0.5, 0.6) is 0 Å². The Morgan fingerprint density at radius 3 is 2.62 bits per heavy atom. The van der Waals surface area contributed by atoms with Crippen molar-refractivity contribution in [2.45, 2.75) is 31.2 Å². The molecular formula is C22H22BrN3O2S. The Morgan fingerprint density at radius 2 is 1.90 bits per heavy atom. The summed E-state index contributed by atoms with van der Waals surface area (Å²) in [7, 11) is 0. The third kappa shape index (κ3) is 5.31. The number of unbranched alkanes of at least 4 members (excludes halogenated alkanes) is 1. The zero-order chi connectivity index (χ0) is 20.8. The van der Waals surface area contributed by atoms with E-state index < -0.39 is 6.03 Å². The maximum Gasteiger partial charge on any atom is 0.323 e. The van der Waals surface area contributed by atoms with Gasteiger partial charge in [0.15, 0.2) is 0 Å². The largest absolute Gasteiger partial charge is 0.323 e. The number of hydrogen-bond donors (Lipinski definition) is 3. The number of anilines is 2. The number of nitrogens with zero attached hydrogens (tertiary/aromatic N) is 1. The molecule has 3 rings (SSSR count). The number of amides is 2. The fourth-order valence-corrected chi connectivity index (χ4v) is 3.56. The summed E-state index contributed by atoms with van der Waals surface area (Å²) in [4.78, 5) is 26.4. The summed E-state index contributed by atoms with van der Waals surface area (Å²) in [6.45, 7) is 2.67. The van der Waals surface area contributed by atoms with Gasteiger partial charge in [0.25, 0.3) is 5.56 Å². The van der Waals surface area contributed by atoms with Gasteiger partial charge < -0.3 is 15.2 Å². The topological polar surface area (TPSA) is 63.1 Å².